The minimum Gasteiger partial charge on any atom is -0.398 e. The van der Waals surface area contributed by atoms with Gasteiger partial charge in [-0.05, 0) is 36.7 Å². The zero-order chi connectivity index (χ0) is 21.4. The summed E-state index contributed by atoms with van der Waals surface area (Å²) >= 11 is 0. The number of carbonyl (C=O) groups is 1. The first-order valence-electron chi connectivity index (χ1n) is 9.30. The SMILES string of the molecule is C=C(C(=Cc1cccc(C)c1N)CNC(=O)c1nccnc1N)N(C)CCNC. The largest absolute Gasteiger partial charge is 0.398 e. The molecular weight excluding hydrogens is 366 g/mol. The smallest absolute Gasteiger partial charge is 0.273 e. The summed E-state index contributed by atoms with van der Waals surface area (Å²) in [6.07, 6.45) is 4.82. The zero-order valence-corrected chi connectivity index (χ0v) is 17.2. The Morgan fingerprint density at radius 3 is 2.69 bits per heavy atom. The topological polar surface area (TPSA) is 122 Å². The Kier molecular flexibility index (Phi) is 7.73. The standard InChI is InChI=1S/C21H29N7O/c1-14-6-5-7-16(18(14)22)12-17(15(2)28(4)11-10-24-3)13-27-21(29)19-20(23)26-9-8-25-19/h5-9,12,24H,2,10-11,13,22H2,1,3-4H3,(H2,23,26)(H,27,29). The number of hydrogen-bond donors (Lipinski definition) is 4. The molecule has 0 aliphatic carbocycles. The van der Waals surface area contributed by atoms with E-state index >= 15 is 0 Å². The Bertz CT molecular complexity index is 908. The molecule has 8 nitrogen and oxygen atoms in total. The van der Waals surface area contributed by atoms with Gasteiger partial charge in [0.1, 0.15) is 0 Å². The summed E-state index contributed by atoms with van der Waals surface area (Å²) in [7, 11) is 3.85. The molecule has 0 aliphatic rings. The lowest BCUT2D eigenvalue weighted by atomic mass is 10.0. The molecule has 6 N–H and O–H groups in total. The van der Waals surface area contributed by atoms with E-state index in [0.717, 1.165) is 35.5 Å². The van der Waals surface area contributed by atoms with E-state index in [2.05, 4.69) is 27.2 Å². The molecule has 154 valence electrons. The fraction of sp³-hybridized carbons (Fsp3) is 0.286. The van der Waals surface area contributed by atoms with Crippen molar-refractivity contribution in [2.24, 2.45) is 0 Å². The van der Waals surface area contributed by atoms with E-state index in [0.29, 0.717) is 5.69 Å². The molecule has 1 aromatic carbocycles. The van der Waals surface area contributed by atoms with E-state index in [1.165, 1.54) is 12.4 Å². The lowest BCUT2D eigenvalue weighted by molar-refractivity contribution is 0.0952. The third-order valence-electron chi connectivity index (χ3n) is 4.60. The number of amides is 1. The van der Waals surface area contributed by atoms with Crippen LogP contribution in [-0.4, -0.2) is 54.5 Å². The number of nitrogens with zero attached hydrogens (tertiary/aromatic N) is 3. The molecule has 0 saturated heterocycles. The number of anilines is 2. The molecular formula is C21H29N7O. The fourth-order valence-corrected chi connectivity index (χ4v) is 2.70. The number of rotatable bonds is 9. The highest BCUT2D eigenvalue weighted by molar-refractivity contribution is 5.96. The first-order chi connectivity index (χ1) is 13.8. The van der Waals surface area contributed by atoms with Crippen molar-refractivity contribution in [1.29, 1.82) is 0 Å². The van der Waals surface area contributed by atoms with Crippen molar-refractivity contribution < 1.29 is 4.79 Å². The van der Waals surface area contributed by atoms with Gasteiger partial charge in [-0.15, -0.1) is 0 Å². The number of carbonyl (C=O) groups excluding carboxylic acids is 1. The van der Waals surface area contributed by atoms with Crippen LogP contribution < -0.4 is 22.1 Å². The predicted molar refractivity (Wildman–Crippen MR) is 118 cm³/mol. The Balaban J connectivity index is 2.28. The summed E-state index contributed by atoms with van der Waals surface area (Å²) in [4.78, 5) is 22.4. The van der Waals surface area contributed by atoms with E-state index in [1.54, 1.807) is 0 Å². The van der Waals surface area contributed by atoms with Crippen LogP contribution in [0.2, 0.25) is 0 Å². The first-order valence-corrected chi connectivity index (χ1v) is 9.30. The van der Waals surface area contributed by atoms with Gasteiger partial charge in [0.2, 0.25) is 0 Å². The van der Waals surface area contributed by atoms with Crippen molar-refractivity contribution in [3.63, 3.8) is 0 Å². The van der Waals surface area contributed by atoms with Gasteiger partial charge in [0.25, 0.3) is 5.91 Å². The Hall–Kier alpha value is -3.39. The van der Waals surface area contributed by atoms with E-state index in [9.17, 15) is 4.79 Å². The second-order valence-electron chi connectivity index (χ2n) is 6.69. The average Bonchev–Trinajstić information content (AvgIpc) is 2.71. The monoisotopic (exact) mass is 395 g/mol. The highest BCUT2D eigenvalue weighted by atomic mass is 16.1. The fourth-order valence-electron chi connectivity index (χ4n) is 2.70. The van der Waals surface area contributed by atoms with Crippen molar-refractivity contribution in [1.82, 2.24) is 25.5 Å². The molecule has 2 rings (SSSR count). The average molecular weight is 396 g/mol. The minimum atomic E-state index is -0.399. The molecule has 0 unspecified atom stereocenters. The number of aromatic nitrogens is 2. The van der Waals surface area contributed by atoms with E-state index < -0.39 is 5.91 Å². The van der Waals surface area contributed by atoms with Crippen molar-refractivity contribution in [3.05, 3.63) is 65.3 Å². The van der Waals surface area contributed by atoms with Crippen LogP contribution in [0.4, 0.5) is 11.5 Å². The van der Waals surface area contributed by atoms with Gasteiger partial charge in [-0.3, -0.25) is 4.79 Å². The van der Waals surface area contributed by atoms with Gasteiger partial charge in [0, 0.05) is 50.5 Å². The third-order valence-corrected chi connectivity index (χ3v) is 4.60. The number of nitrogen functional groups attached to an aromatic ring is 2. The van der Waals surface area contributed by atoms with Crippen LogP contribution in [-0.2, 0) is 0 Å². The van der Waals surface area contributed by atoms with E-state index in [4.69, 9.17) is 11.5 Å². The molecule has 1 aromatic heterocycles. The molecule has 2 aromatic rings. The number of aryl methyl sites for hydroxylation is 1. The van der Waals surface area contributed by atoms with Crippen LogP contribution in [0.1, 0.15) is 21.6 Å². The lowest BCUT2D eigenvalue weighted by Gasteiger charge is -2.24. The summed E-state index contributed by atoms with van der Waals surface area (Å²) in [6.45, 7) is 7.98. The highest BCUT2D eigenvalue weighted by Gasteiger charge is 2.15. The molecule has 0 saturated carbocycles. The summed E-state index contributed by atoms with van der Waals surface area (Å²) in [5.41, 5.74) is 16.3. The maximum absolute atomic E-state index is 12.5. The molecule has 29 heavy (non-hydrogen) atoms. The Morgan fingerprint density at radius 1 is 1.28 bits per heavy atom. The van der Waals surface area contributed by atoms with Crippen LogP contribution in [0, 0.1) is 6.92 Å². The minimum absolute atomic E-state index is 0.0865. The number of nitrogens with one attached hydrogen (secondary N) is 2. The Morgan fingerprint density at radius 2 is 2.00 bits per heavy atom. The molecule has 0 spiro atoms. The molecule has 0 aliphatic heterocycles. The third kappa shape index (κ3) is 5.79. The Labute approximate surface area is 171 Å². The van der Waals surface area contributed by atoms with Crippen molar-refractivity contribution in [2.75, 3.05) is 45.2 Å². The maximum atomic E-state index is 12.5. The van der Waals surface area contributed by atoms with Gasteiger partial charge in [-0.2, -0.15) is 0 Å². The van der Waals surface area contributed by atoms with E-state index in [1.807, 2.05) is 50.2 Å². The molecule has 8 heteroatoms. The predicted octanol–water partition coefficient (Wildman–Crippen LogP) is 1.43. The maximum Gasteiger partial charge on any atom is 0.273 e. The molecule has 1 heterocycles. The van der Waals surface area contributed by atoms with Crippen LogP contribution in [0.5, 0.6) is 0 Å². The van der Waals surface area contributed by atoms with Gasteiger partial charge < -0.3 is 27.0 Å². The van der Waals surface area contributed by atoms with E-state index in [-0.39, 0.29) is 18.1 Å². The number of hydrogen-bond acceptors (Lipinski definition) is 7. The molecule has 1 amide bonds. The normalized spacial score (nSPS) is 11.2. The molecule has 0 atom stereocenters. The summed E-state index contributed by atoms with van der Waals surface area (Å²) in [6, 6.07) is 5.84. The van der Waals surface area contributed by atoms with Gasteiger partial charge in [0.05, 0.1) is 0 Å². The van der Waals surface area contributed by atoms with Crippen LogP contribution in [0.15, 0.2) is 48.4 Å². The van der Waals surface area contributed by atoms with Gasteiger partial charge in [0.15, 0.2) is 11.5 Å². The van der Waals surface area contributed by atoms with Crippen molar-refractivity contribution in [3.8, 4) is 0 Å². The van der Waals surface area contributed by atoms with Crippen molar-refractivity contribution >= 4 is 23.5 Å². The molecule has 0 radical (unpaired) electrons. The van der Waals surface area contributed by atoms with Gasteiger partial charge in [-0.25, -0.2) is 9.97 Å². The number of nitrogens with two attached hydrogens (primary N) is 2. The van der Waals surface area contributed by atoms with Crippen LogP contribution in [0.25, 0.3) is 6.08 Å². The second-order valence-corrected chi connectivity index (χ2v) is 6.69. The molecule has 0 fully saturated rings. The number of benzene rings is 1. The van der Waals surface area contributed by atoms with Crippen LogP contribution in [0.3, 0.4) is 0 Å². The number of likely N-dealkylation sites (N-methyl/N-ethyl adjacent to an activating group) is 2. The van der Waals surface area contributed by atoms with Gasteiger partial charge in [-0.1, -0.05) is 24.8 Å². The highest BCUT2D eigenvalue weighted by Crippen LogP contribution is 2.22. The van der Waals surface area contributed by atoms with Gasteiger partial charge >= 0.3 is 0 Å². The second kappa shape index (κ2) is 10.2. The summed E-state index contributed by atoms with van der Waals surface area (Å²) in [5.74, 6) is -0.312. The summed E-state index contributed by atoms with van der Waals surface area (Å²) in [5, 5.41) is 5.97. The lowest BCUT2D eigenvalue weighted by Crippen LogP contribution is -2.32. The molecule has 0 bridgehead atoms. The van der Waals surface area contributed by atoms with Crippen molar-refractivity contribution in [2.45, 2.75) is 6.92 Å². The summed E-state index contributed by atoms with van der Waals surface area (Å²) < 4.78 is 0. The quantitative estimate of drug-likeness (QED) is 0.374. The van der Waals surface area contributed by atoms with Crippen LogP contribution >= 0.6 is 0 Å². The zero-order valence-electron chi connectivity index (χ0n) is 17.2. The number of para-hydroxylation sites is 1. The first kappa shape index (κ1) is 21.9.